The fourth-order valence-corrected chi connectivity index (χ4v) is 2.40. The highest BCUT2D eigenvalue weighted by molar-refractivity contribution is 7.14. The number of likely N-dealkylation sites (N-methyl/N-ethyl adjacent to an activating group) is 1. The summed E-state index contributed by atoms with van der Waals surface area (Å²) in [6.07, 6.45) is 0.0949. The first-order valence-electron chi connectivity index (χ1n) is 5.37. The fourth-order valence-electron chi connectivity index (χ4n) is 1.72. The van der Waals surface area contributed by atoms with Crippen LogP contribution in [0.25, 0.3) is 0 Å². The Labute approximate surface area is 103 Å². The molecule has 1 aliphatic heterocycles. The van der Waals surface area contributed by atoms with Gasteiger partial charge in [0.25, 0.3) is 0 Å². The predicted molar refractivity (Wildman–Crippen MR) is 64.8 cm³/mol. The lowest BCUT2D eigenvalue weighted by Gasteiger charge is -2.30. The first-order valence-corrected chi connectivity index (χ1v) is 6.25. The summed E-state index contributed by atoms with van der Waals surface area (Å²) >= 11 is 1.30. The first kappa shape index (κ1) is 12.3. The summed E-state index contributed by atoms with van der Waals surface area (Å²) in [6, 6.07) is 0. The smallest absolute Gasteiger partial charge is 0.357 e. The van der Waals surface area contributed by atoms with Gasteiger partial charge >= 0.3 is 5.97 Å². The molecule has 6 nitrogen and oxygen atoms in total. The van der Waals surface area contributed by atoms with E-state index < -0.39 is 5.97 Å². The van der Waals surface area contributed by atoms with Crippen molar-refractivity contribution in [3.05, 3.63) is 11.2 Å². The van der Waals surface area contributed by atoms with Gasteiger partial charge in [0.05, 0.1) is 18.2 Å². The van der Waals surface area contributed by atoms with E-state index in [0.717, 1.165) is 19.7 Å². The second kappa shape index (κ2) is 5.44. The van der Waals surface area contributed by atoms with Crippen molar-refractivity contribution in [1.82, 2.24) is 9.88 Å². The summed E-state index contributed by atoms with van der Waals surface area (Å²) in [5.41, 5.74) is 1.61. The molecule has 0 spiro atoms. The van der Waals surface area contributed by atoms with Crippen LogP contribution in [0, 0.1) is 0 Å². The van der Waals surface area contributed by atoms with Crippen LogP contribution in [0.3, 0.4) is 0 Å². The van der Waals surface area contributed by atoms with Crippen molar-refractivity contribution in [1.29, 1.82) is 0 Å². The number of hydrogen-bond acceptors (Lipinski definition) is 6. The zero-order chi connectivity index (χ0) is 12.3. The van der Waals surface area contributed by atoms with E-state index in [-0.39, 0.29) is 11.8 Å². The number of anilines is 1. The van der Waals surface area contributed by atoms with E-state index in [4.69, 9.17) is 9.84 Å². The summed E-state index contributed by atoms with van der Waals surface area (Å²) in [4.78, 5) is 16.8. The first-order chi connectivity index (χ1) is 8.16. The molecule has 0 aromatic carbocycles. The molecule has 2 heterocycles. The third-order valence-corrected chi connectivity index (χ3v) is 3.39. The summed E-state index contributed by atoms with van der Waals surface area (Å²) in [5.74, 6) is -1.00. The minimum Gasteiger partial charge on any atom is -0.476 e. The number of aromatic nitrogens is 1. The number of nitrogens with one attached hydrogen (secondary N) is 1. The SMILES string of the molecule is CN1CCOC(CNc2scnc2C(=O)O)C1. The number of nitrogens with zero attached hydrogens (tertiary/aromatic N) is 2. The lowest BCUT2D eigenvalue weighted by molar-refractivity contribution is -0.0117. The van der Waals surface area contributed by atoms with Gasteiger partial charge in [0, 0.05) is 19.6 Å². The van der Waals surface area contributed by atoms with Gasteiger partial charge in [-0.25, -0.2) is 9.78 Å². The van der Waals surface area contributed by atoms with Crippen molar-refractivity contribution in [2.45, 2.75) is 6.10 Å². The molecule has 0 aliphatic carbocycles. The highest BCUT2D eigenvalue weighted by Gasteiger charge is 2.19. The number of hydrogen-bond donors (Lipinski definition) is 2. The number of carboxylic acids is 1. The Balaban J connectivity index is 1.89. The molecule has 17 heavy (non-hydrogen) atoms. The van der Waals surface area contributed by atoms with Crippen molar-refractivity contribution < 1.29 is 14.6 Å². The van der Waals surface area contributed by atoms with Crippen LogP contribution < -0.4 is 5.32 Å². The van der Waals surface area contributed by atoms with E-state index in [0.29, 0.717) is 11.5 Å². The second-order valence-corrected chi connectivity index (χ2v) is 4.83. The topological polar surface area (TPSA) is 74.7 Å². The molecule has 1 fully saturated rings. The molecule has 1 aliphatic rings. The minimum absolute atomic E-state index is 0.0826. The average Bonchev–Trinajstić information content (AvgIpc) is 2.74. The number of carbonyl (C=O) groups is 1. The van der Waals surface area contributed by atoms with Crippen molar-refractivity contribution in [3.8, 4) is 0 Å². The molecular formula is C10H15N3O3S. The van der Waals surface area contributed by atoms with Gasteiger partial charge in [-0.2, -0.15) is 0 Å². The van der Waals surface area contributed by atoms with Gasteiger partial charge in [-0.3, -0.25) is 0 Å². The second-order valence-electron chi connectivity index (χ2n) is 3.97. The van der Waals surface area contributed by atoms with Crippen LogP contribution in [0.5, 0.6) is 0 Å². The number of rotatable bonds is 4. The highest BCUT2D eigenvalue weighted by Crippen LogP contribution is 2.20. The van der Waals surface area contributed by atoms with Crippen LogP contribution in [0.1, 0.15) is 10.5 Å². The van der Waals surface area contributed by atoms with Gasteiger partial charge in [0.15, 0.2) is 5.69 Å². The van der Waals surface area contributed by atoms with E-state index in [9.17, 15) is 4.79 Å². The Morgan fingerprint density at radius 3 is 3.35 bits per heavy atom. The van der Waals surface area contributed by atoms with Gasteiger partial charge in [0.1, 0.15) is 5.00 Å². The zero-order valence-electron chi connectivity index (χ0n) is 9.55. The average molecular weight is 257 g/mol. The molecule has 2 rings (SSSR count). The molecule has 0 bridgehead atoms. The van der Waals surface area contributed by atoms with Crippen molar-refractivity contribution in [2.24, 2.45) is 0 Å². The molecule has 1 aromatic rings. The van der Waals surface area contributed by atoms with E-state index in [1.165, 1.54) is 16.8 Å². The third kappa shape index (κ3) is 3.15. The number of carboxylic acid groups (broad SMARTS) is 1. The Bertz CT molecular complexity index is 396. The van der Waals surface area contributed by atoms with E-state index >= 15 is 0 Å². The maximum Gasteiger partial charge on any atom is 0.357 e. The van der Waals surface area contributed by atoms with Crippen molar-refractivity contribution >= 4 is 22.3 Å². The lowest BCUT2D eigenvalue weighted by Crippen LogP contribution is -2.43. The zero-order valence-corrected chi connectivity index (χ0v) is 10.4. The van der Waals surface area contributed by atoms with E-state index in [1.54, 1.807) is 0 Å². The Morgan fingerprint density at radius 1 is 1.82 bits per heavy atom. The van der Waals surface area contributed by atoms with E-state index in [2.05, 4.69) is 15.2 Å². The molecular weight excluding hydrogens is 242 g/mol. The lowest BCUT2D eigenvalue weighted by atomic mass is 10.3. The molecule has 1 aromatic heterocycles. The maximum absolute atomic E-state index is 10.9. The van der Waals surface area contributed by atoms with Crippen LogP contribution in [0.4, 0.5) is 5.00 Å². The molecule has 94 valence electrons. The summed E-state index contributed by atoms with van der Waals surface area (Å²) in [7, 11) is 2.05. The Morgan fingerprint density at radius 2 is 2.65 bits per heavy atom. The van der Waals surface area contributed by atoms with Crippen LogP contribution in [-0.4, -0.2) is 60.4 Å². The molecule has 1 atom stereocenters. The highest BCUT2D eigenvalue weighted by atomic mass is 32.1. The number of morpholine rings is 1. The molecule has 7 heteroatoms. The summed E-state index contributed by atoms with van der Waals surface area (Å²) in [5, 5.41) is 12.6. The van der Waals surface area contributed by atoms with Gasteiger partial charge in [-0.05, 0) is 7.05 Å². The number of ether oxygens (including phenoxy) is 1. The van der Waals surface area contributed by atoms with Crippen LogP contribution in [-0.2, 0) is 4.74 Å². The molecule has 2 N–H and O–H groups in total. The number of aromatic carboxylic acids is 1. The minimum atomic E-state index is -1.00. The molecule has 0 amide bonds. The quantitative estimate of drug-likeness (QED) is 0.822. The van der Waals surface area contributed by atoms with Crippen molar-refractivity contribution in [3.63, 3.8) is 0 Å². The van der Waals surface area contributed by atoms with Crippen LogP contribution in [0.15, 0.2) is 5.51 Å². The largest absolute Gasteiger partial charge is 0.476 e. The number of thiazole rings is 1. The Hall–Kier alpha value is -1.18. The molecule has 1 unspecified atom stereocenters. The van der Waals surface area contributed by atoms with Crippen LogP contribution >= 0.6 is 11.3 Å². The summed E-state index contributed by atoms with van der Waals surface area (Å²) in [6.45, 7) is 3.12. The van der Waals surface area contributed by atoms with Crippen LogP contribution in [0.2, 0.25) is 0 Å². The monoisotopic (exact) mass is 257 g/mol. The van der Waals surface area contributed by atoms with Gasteiger partial charge < -0.3 is 20.1 Å². The Kier molecular flexibility index (Phi) is 3.93. The third-order valence-electron chi connectivity index (χ3n) is 2.60. The van der Waals surface area contributed by atoms with Gasteiger partial charge in [-0.1, -0.05) is 0 Å². The standard InChI is InChI=1S/C10H15N3O3S/c1-13-2-3-16-7(5-13)4-11-9-8(10(14)15)12-6-17-9/h6-7,11H,2-5H2,1H3,(H,14,15). The molecule has 1 saturated heterocycles. The molecule has 0 radical (unpaired) electrons. The normalized spacial score (nSPS) is 21.4. The predicted octanol–water partition coefficient (Wildman–Crippen LogP) is 0.584. The fraction of sp³-hybridized carbons (Fsp3) is 0.600. The molecule has 0 saturated carbocycles. The van der Waals surface area contributed by atoms with E-state index in [1.807, 2.05) is 7.05 Å². The maximum atomic E-state index is 10.9. The van der Waals surface area contributed by atoms with Gasteiger partial charge in [0.2, 0.25) is 0 Å². The van der Waals surface area contributed by atoms with Gasteiger partial charge in [-0.15, -0.1) is 11.3 Å². The summed E-state index contributed by atoms with van der Waals surface area (Å²) < 4.78 is 5.58. The van der Waals surface area contributed by atoms with Crippen molar-refractivity contribution in [2.75, 3.05) is 38.6 Å².